The third kappa shape index (κ3) is 2.17. The summed E-state index contributed by atoms with van der Waals surface area (Å²) in [6.45, 7) is 1.57. The van der Waals surface area contributed by atoms with E-state index in [-0.39, 0.29) is 6.04 Å². The number of hydrogen-bond donors (Lipinski definition) is 2. The van der Waals surface area contributed by atoms with Gasteiger partial charge in [-0.15, -0.1) is 0 Å². The van der Waals surface area contributed by atoms with Gasteiger partial charge in [0.05, 0.1) is 6.04 Å². The Kier molecular flexibility index (Phi) is 3.13. The molecule has 3 N–H and O–H groups in total. The van der Waals surface area contributed by atoms with Crippen molar-refractivity contribution in [3.63, 3.8) is 0 Å². The van der Waals surface area contributed by atoms with Crippen molar-refractivity contribution in [2.75, 3.05) is 18.0 Å². The molecular weight excluding hydrogens is 236 g/mol. The summed E-state index contributed by atoms with van der Waals surface area (Å²) < 4.78 is 0. The Morgan fingerprint density at radius 3 is 2.58 bits per heavy atom. The van der Waals surface area contributed by atoms with E-state index >= 15 is 0 Å². The van der Waals surface area contributed by atoms with Crippen molar-refractivity contribution in [3.8, 4) is 5.75 Å². The number of nitrogens with zero attached hydrogens (tertiary/aromatic N) is 1. The van der Waals surface area contributed by atoms with Gasteiger partial charge in [0.2, 0.25) is 0 Å². The van der Waals surface area contributed by atoms with Crippen molar-refractivity contribution in [1.82, 2.24) is 0 Å². The highest BCUT2D eigenvalue weighted by molar-refractivity contribution is 5.59. The lowest BCUT2D eigenvalue weighted by Gasteiger charge is -2.29. The molecule has 19 heavy (non-hydrogen) atoms. The Hall–Kier alpha value is -2.00. The molecule has 0 spiro atoms. The molecule has 1 unspecified atom stereocenters. The first-order valence-corrected chi connectivity index (χ1v) is 6.63. The third-order valence-electron chi connectivity index (χ3n) is 3.80. The van der Waals surface area contributed by atoms with Crippen LogP contribution in [0.15, 0.2) is 48.5 Å². The minimum atomic E-state index is 0.171. The zero-order chi connectivity index (χ0) is 13.2. The van der Waals surface area contributed by atoms with Gasteiger partial charge in [0.25, 0.3) is 0 Å². The molecule has 0 saturated heterocycles. The number of anilines is 1. The molecule has 1 aliphatic rings. The molecule has 2 aromatic rings. The molecule has 3 nitrogen and oxygen atoms in total. The van der Waals surface area contributed by atoms with Crippen LogP contribution in [0, 0.1) is 0 Å². The van der Waals surface area contributed by atoms with E-state index in [0.717, 1.165) is 18.5 Å². The number of phenols is 1. The van der Waals surface area contributed by atoms with Crippen molar-refractivity contribution >= 4 is 5.69 Å². The maximum Gasteiger partial charge on any atom is 0.115 e. The van der Waals surface area contributed by atoms with Gasteiger partial charge < -0.3 is 15.7 Å². The van der Waals surface area contributed by atoms with Gasteiger partial charge >= 0.3 is 0 Å². The molecule has 0 amide bonds. The second-order valence-corrected chi connectivity index (χ2v) is 4.92. The van der Waals surface area contributed by atoms with Crippen molar-refractivity contribution in [1.29, 1.82) is 0 Å². The van der Waals surface area contributed by atoms with E-state index in [1.807, 2.05) is 12.1 Å². The second-order valence-electron chi connectivity index (χ2n) is 4.92. The molecule has 0 bridgehead atoms. The summed E-state index contributed by atoms with van der Waals surface area (Å²) in [6.07, 6.45) is 1.07. The standard InChI is InChI=1S/C16H18N2O/c17-11-16(13-5-7-14(19)8-6-13)18-10-9-12-3-1-2-4-15(12)18/h1-8,16,19H,9-11,17H2. The summed E-state index contributed by atoms with van der Waals surface area (Å²) in [5.41, 5.74) is 9.80. The van der Waals surface area contributed by atoms with Gasteiger partial charge in [-0.2, -0.15) is 0 Å². The quantitative estimate of drug-likeness (QED) is 0.884. The van der Waals surface area contributed by atoms with E-state index in [0.29, 0.717) is 12.3 Å². The van der Waals surface area contributed by atoms with Gasteiger partial charge in [-0.3, -0.25) is 0 Å². The highest BCUT2D eigenvalue weighted by atomic mass is 16.3. The van der Waals surface area contributed by atoms with Crippen LogP contribution in [-0.2, 0) is 6.42 Å². The molecule has 1 aliphatic heterocycles. The van der Waals surface area contributed by atoms with E-state index in [1.165, 1.54) is 11.3 Å². The van der Waals surface area contributed by atoms with E-state index in [4.69, 9.17) is 5.73 Å². The first-order valence-electron chi connectivity index (χ1n) is 6.63. The third-order valence-corrected chi connectivity index (χ3v) is 3.80. The summed E-state index contributed by atoms with van der Waals surface area (Å²) in [4.78, 5) is 2.36. The van der Waals surface area contributed by atoms with Gasteiger partial charge in [0.1, 0.15) is 5.75 Å². The fourth-order valence-corrected chi connectivity index (χ4v) is 2.83. The first-order chi connectivity index (χ1) is 9.29. The van der Waals surface area contributed by atoms with E-state index < -0.39 is 0 Å². The monoisotopic (exact) mass is 254 g/mol. The summed E-state index contributed by atoms with van der Waals surface area (Å²) in [5.74, 6) is 0.293. The molecule has 0 aliphatic carbocycles. The molecule has 98 valence electrons. The molecule has 1 atom stereocenters. The van der Waals surface area contributed by atoms with Crippen molar-refractivity contribution < 1.29 is 5.11 Å². The van der Waals surface area contributed by atoms with E-state index in [2.05, 4.69) is 29.2 Å². The van der Waals surface area contributed by atoms with Gasteiger partial charge in [0, 0.05) is 18.8 Å². The summed E-state index contributed by atoms with van der Waals surface area (Å²) >= 11 is 0. The zero-order valence-corrected chi connectivity index (χ0v) is 10.8. The Balaban J connectivity index is 1.94. The van der Waals surface area contributed by atoms with Crippen LogP contribution in [0.4, 0.5) is 5.69 Å². The van der Waals surface area contributed by atoms with Crippen LogP contribution in [0.1, 0.15) is 17.2 Å². The molecule has 3 rings (SSSR count). The molecule has 1 heterocycles. The number of hydrogen-bond acceptors (Lipinski definition) is 3. The SMILES string of the molecule is NCC(c1ccc(O)cc1)N1CCc2ccccc21. The number of phenolic OH excluding ortho intramolecular Hbond substituents is 1. The molecule has 3 heteroatoms. The first kappa shape index (κ1) is 12.1. The van der Waals surface area contributed by atoms with Gasteiger partial charge in [-0.1, -0.05) is 30.3 Å². The van der Waals surface area contributed by atoms with Crippen molar-refractivity contribution in [2.24, 2.45) is 5.73 Å². The highest BCUT2D eigenvalue weighted by Crippen LogP contribution is 2.34. The number of benzene rings is 2. The van der Waals surface area contributed by atoms with Crippen LogP contribution in [0.5, 0.6) is 5.75 Å². The van der Waals surface area contributed by atoms with Crippen LogP contribution in [-0.4, -0.2) is 18.2 Å². The lowest BCUT2D eigenvalue weighted by atomic mass is 10.0. The fourth-order valence-electron chi connectivity index (χ4n) is 2.83. The Bertz CT molecular complexity index is 565. The van der Waals surface area contributed by atoms with Crippen LogP contribution in [0.2, 0.25) is 0 Å². The summed E-state index contributed by atoms with van der Waals surface area (Å²) in [5, 5.41) is 9.39. The largest absolute Gasteiger partial charge is 0.508 e. The predicted molar refractivity (Wildman–Crippen MR) is 77.4 cm³/mol. The molecule has 0 aromatic heterocycles. The number of aromatic hydroxyl groups is 1. The second kappa shape index (κ2) is 4.94. The summed E-state index contributed by atoms with van der Waals surface area (Å²) in [6, 6.07) is 16.0. The normalized spacial score (nSPS) is 15.3. The molecule has 2 aromatic carbocycles. The zero-order valence-electron chi connectivity index (χ0n) is 10.8. The number of fused-ring (bicyclic) bond motifs is 1. The van der Waals surface area contributed by atoms with Crippen LogP contribution < -0.4 is 10.6 Å². The van der Waals surface area contributed by atoms with Gasteiger partial charge in [-0.05, 0) is 35.7 Å². The minimum absolute atomic E-state index is 0.171. The average molecular weight is 254 g/mol. The highest BCUT2D eigenvalue weighted by Gasteiger charge is 2.25. The topological polar surface area (TPSA) is 49.5 Å². The molecule has 0 radical (unpaired) electrons. The van der Waals surface area contributed by atoms with Crippen LogP contribution >= 0.6 is 0 Å². The lowest BCUT2D eigenvalue weighted by molar-refractivity contribution is 0.474. The Morgan fingerprint density at radius 1 is 1.11 bits per heavy atom. The smallest absolute Gasteiger partial charge is 0.115 e. The molecule has 0 fully saturated rings. The molecular formula is C16H18N2O. The van der Waals surface area contributed by atoms with E-state index in [9.17, 15) is 5.11 Å². The number of para-hydroxylation sites is 1. The maximum atomic E-state index is 9.39. The van der Waals surface area contributed by atoms with Crippen molar-refractivity contribution in [2.45, 2.75) is 12.5 Å². The fraction of sp³-hybridized carbons (Fsp3) is 0.250. The maximum absolute atomic E-state index is 9.39. The lowest BCUT2D eigenvalue weighted by Crippen LogP contribution is -2.32. The Labute approximate surface area is 113 Å². The van der Waals surface area contributed by atoms with Gasteiger partial charge in [0.15, 0.2) is 0 Å². The number of rotatable bonds is 3. The molecule has 0 saturated carbocycles. The van der Waals surface area contributed by atoms with Gasteiger partial charge in [-0.25, -0.2) is 0 Å². The Morgan fingerprint density at radius 2 is 1.84 bits per heavy atom. The predicted octanol–water partition coefficient (Wildman–Crippen LogP) is 2.45. The number of nitrogens with two attached hydrogens (primary N) is 1. The minimum Gasteiger partial charge on any atom is -0.508 e. The average Bonchev–Trinajstić information content (AvgIpc) is 2.86. The van der Waals surface area contributed by atoms with E-state index in [1.54, 1.807) is 12.1 Å². The van der Waals surface area contributed by atoms with Crippen molar-refractivity contribution in [3.05, 3.63) is 59.7 Å². The van der Waals surface area contributed by atoms with Crippen LogP contribution in [0.25, 0.3) is 0 Å². The summed E-state index contributed by atoms with van der Waals surface area (Å²) in [7, 11) is 0. The van der Waals surface area contributed by atoms with Crippen LogP contribution in [0.3, 0.4) is 0 Å².